The molecule has 1 aliphatic rings. The normalized spacial score (nSPS) is 21.8. The van der Waals surface area contributed by atoms with Gasteiger partial charge in [-0.3, -0.25) is 4.90 Å². The molecule has 0 unspecified atom stereocenters. The minimum absolute atomic E-state index is 0. The van der Waals surface area contributed by atoms with Gasteiger partial charge >= 0.3 is 0 Å². The lowest BCUT2D eigenvalue weighted by Crippen LogP contribution is -2.48. The Morgan fingerprint density at radius 3 is 3.06 bits per heavy atom. The Labute approximate surface area is 108 Å². The van der Waals surface area contributed by atoms with Crippen molar-refractivity contribution in [3.63, 3.8) is 0 Å². The standard InChI is InChI=1S/C11H19N3S.ClH/c1-3-10-6-13-11(15-10)8-14-5-4-12-9(2)7-14;/h6,9,12H,3-5,7-8H2,1-2H3;1H/t9-;/m1./s1. The second kappa shape index (κ2) is 6.55. The number of nitrogens with one attached hydrogen (secondary N) is 1. The van der Waals surface area contributed by atoms with E-state index in [0.29, 0.717) is 6.04 Å². The van der Waals surface area contributed by atoms with Crippen LogP contribution in [-0.4, -0.2) is 35.6 Å². The number of aryl methyl sites for hydroxylation is 1. The van der Waals surface area contributed by atoms with Crippen LogP contribution in [0.3, 0.4) is 0 Å². The van der Waals surface area contributed by atoms with Gasteiger partial charge in [0.25, 0.3) is 0 Å². The van der Waals surface area contributed by atoms with Crippen molar-refractivity contribution in [2.24, 2.45) is 0 Å². The van der Waals surface area contributed by atoms with E-state index in [-0.39, 0.29) is 12.4 Å². The fourth-order valence-electron chi connectivity index (χ4n) is 1.93. The smallest absolute Gasteiger partial charge is 0.107 e. The highest BCUT2D eigenvalue weighted by Gasteiger charge is 2.16. The molecule has 16 heavy (non-hydrogen) atoms. The van der Waals surface area contributed by atoms with E-state index in [0.717, 1.165) is 32.6 Å². The average molecular weight is 262 g/mol. The lowest BCUT2D eigenvalue weighted by atomic mass is 10.2. The van der Waals surface area contributed by atoms with Crippen LogP contribution in [0.2, 0.25) is 0 Å². The van der Waals surface area contributed by atoms with Crippen LogP contribution in [-0.2, 0) is 13.0 Å². The van der Waals surface area contributed by atoms with Crippen LogP contribution < -0.4 is 5.32 Å². The molecule has 0 bridgehead atoms. The molecule has 2 rings (SSSR count). The molecule has 1 saturated heterocycles. The second-order valence-electron chi connectivity index (χ2n) is 4.16. The molecular formula is C11H20ClN3S. The number of hydrogen-bond donors (Lipinski definition) is 1. The van der Waals surface area contributed by atoms with E-state index in [2.05, 4.69) is 29.0 Å². The van der Waals surface area contributed by atoms with Gasteiger partial charge in [-0.05, 0) is 13.3 Å². The van der Waals surface area contributed by atoms with Crippen LogP contribution in [0.5, 0.6) is 0 Å². The van der Waals surface area contributed by atoms with E-state index in [1.165, 1.54) is 9.88 Å². The van der Waals surface area contributed by atoms with Crippen molar-refractivity contribution in [2.75, 3.05) is 19.6 Å². The topological polar surface area (TPSA) is 28.2 Å². The molecule has 1 aromatic heterocycles. The highest BCUT2D eigenvalue weighted by atomic mass is 35.5. The summed E-state index contributed by atoms with van der Waals surface area (Å²) in [6.07, 6.45) is 3.13. The Balaban J connectivity index is 0.00000128. The first kappa shape index (κ1) is 13.9. The number of nitrogens with zero attached hydrogens (tertiary/aromatic N) is 2. The third-order valence-electron chi connectivity index (χ3n) is 2.76. The number of thiazole rings is 1. The molecule has 1 fully saturated rings. The van der Waals surface area contributed by atoms with Gasteiger partial charge in [0.15, 0.2) is 0 Å². The van der Waals surface area contributed by atoms with Crippen molar-refractivity contribution in [1.29, 1.82) is 0 Å². The predicted octanol–water partition coefficient (Wildman–Crippen LogP) is 1.92. The zero-order valence-electron chi connectivity index (χ0n) is 9.90. The van der Waals surface area contributed by atoms with E-state index < -0.39 is 0 Å². The van der Waals surface area contributed by atoms with Crippen molar-refractivity contribution in [3.8, 4) is 0 Å². The molecular weight excluding hydrogens is 242 g/mol. The van der Waals surface area contributed by atoms with E-state index in [9.17, 15) is 0 Å². The molecule has 0 amide bonds. The molecule has 1 N–H and O–H groups in total. The summed E-state index contributed by atoms with van der Waals surface area (Å²) >= 11 is 1.85. The van der Waals surface area contributed by atoms with E-state index >= 15 is 0 Å². The molecule has 92 valence electrons. The van der Waals surface area contributed by atoms with Gasteiger partial charge in [-0.15, -0.1) is 23.7 Å². The van der Waals surface area contributed by atoms with E-state index in [4.69, 9.17) is 0 Å². The summed E-state index contributed by atoms with van der Waals surface area (Å²) in [6, 6.07) is 0.615. The highest BCUT2D eigenvalue weighted by Crippen LogP contribution is 2.15. The molecule has 0 aromatic carbocycles. The zero-order chi connectivity index (χ0) is 10.7. The first-order chi connectivity index (χ1) is 7.28. The quantitative estimate of drug-likeness (QED) is 0.901. The molecule has 0 aliphatic carbocycles. The maximum atomic E-state index is 4.46. The monoisotopic (exact) mass is 261 g/mol. The molecule has 0 radical (unpaired) electrons. The zero-order valence-corrected chi connectivity index (χ0v) is 11.5. The van der Waals surface area contributed by atoms with Gasteiger partial charge in [-0.25, -0.2) is 4.98 Å². The van der Waals surface area contributed by atoms with Crippen LogP contribution in [0.25, 0.3) is 0 Å². The van der Waals surface area contributed by atoms with Crippen LogP contribution in [0, 0.1) is 0 Å². The number of rotatable bonds is 3. The largest absolute Gasteiger partial charge is 0.312 e. The molecule has 0 saturated carbocycles. The fourth-order valence-corrected chi connectivity index (χ4v) is 2.84. The highest BCUT2D eigenvalue weighted by molar-refractivity contribution is 7.11. The third kappa shape index (κ3) is 3.70. The minimum atomic E-state index is 0. The molecule has 2 heterocycles. The van der Waals surface area contributed by atoms with Crippen molar-refractivity contribution in [1.82, 2.24) is 15.2 Å². The third-order valence-corrected chi connectivity index (χ3v) is 3.89. The van der Waals surface area contributed by atoms with Crippen molar-refractivity contribution < 1.29 is 0 Å². The van der Waals surface area contributed by atoms with Gasteiger partial charge in [-0.1, -0.05) is 6.92 Å². The van der Waals surface area contributed by atoms with Gasteiger partial charge in [0, 0.05) is 36.8 Å². The van der Waals surface area contributed by atoms with Gasteiger partial charge in [0.2, 0.25) is 0 Å². The summed E-state index contributed by atoms with van der Waals surface area (Å²) in [7, 11) is 0. The van der Waals surface area contributed by atoms with E-state index in [1.54, 1.807) is 0 Å². The Bertz CT molecular complexity index is 316. The van der Waals surface area contributed by atoms with Gasteiger partial charge in [-0.2, -0.15) is 0 Å². The summed E-state index contributed by atoms with van der Waals surface area (Å²) in [6.45, 7) is 8.84. The average Bonchev–Trinajstić information content (AvgIpc) is 2.65. The van der Waals surface area contributed by atoms with Crippen molar-refractivity contribution in [3.05, 3.63) is 16.1 Å². The van der Waals surface area contributed by atoms with Crippen LogP contribution in [0.1, 0.15) is 23.7 Å². The SMILES string of the molecule is CCc1cnc(CN2CCN[C@H](C)C2)s1.Cl. The first-order valence-corrected chi connectivity index (χ1v) is 6.49. The van der Waals surface area contributed by atoms with Gasteiger partial charge in [0.05, 0.1) is 6.54 Å². The number of aromatic nitrogens is 1. The maximum Gasteiger partial charge on any atom is 0.107 e. The van der Waals surface area contributed by atoms with Gasteiger partial charge < -0.3 is 5.32 Å². The molecule has 5 heteroatoms. The molecule has 1 aliphatic heterocycles. The maximum absolute atomic E-state index is 4.46. The van der Waals surface area contributed by atoms with Crippen LogP contribution >= 0.6 is 23.7 Å². The summed E-state index contributed by atoms with van der Waals surface area (Å²) < 4.78 is 0. The molecule has 3 nitrogen and oxygen atoms in total. The van der Waals surface area contributed by atoms with Crippen molar-refractivity contribution >= 4 is 23.7 Å². The Morgan fingerprint density at radius 1 is 1.62 bits per heavy atom. The van der Waals surface area contributed by atoms with Crippen LogP contribution in [0.15, 0.2) is 6.20 Å². The molecule has 1 aromatic rings. The minimum Gasteiger partial charge on any atom is -0.312 e. The van der Waals surface area contributed by atoms with Gasteiger partial charge in [0.1, 0.15) is 5.01 Å². The summed E-state index contributed by atoms with van der Waals surface area (Å²) in [4.78, 5) is 8.34. The number of piperazine rings is 1. The summed E-state index contributed by atoms with van der Waals surface area (Å²) in [5, 5.41) is 4.72. The first-order valence-electron chi connectivity index (χ1n) is 5.67. The summed E-state index contributed by atoms with van der Waals surface area (Å²) in [5.41, 5.74) is 0. The molecule has 0 spiro atoms. The molecule has 1 atom stereocenters. The lowest BCUT2D eigenvalue weighted by molar-refractivity contribution is 0.199. The number of hydrogen-bond acceptors (Lipinski definition) is 4. The van der Waals surface area contributed by atoms with Crippen LogP contribution in [0.4, 0.5) is 0 Å². The number of halogens is 1. The van der Waals surface area contributed by atoms with Crippen molar-refractivity contribution in [2.45, 2.75) is 32.9 Å². The Morgan fingerprint density at radius 2 is 2.44 bits per heavy atom. The fraction of sp³-hybridized carbons (Fsp3) is 0.727. The second-order valence-corrected chi connectivity index (χ2v) is 5.36. The van der Waals surface area contributed by atoms with E-state index in [1.807, 2.05) is 17.5 Å². The summed E-state index contributed by atoms with van der Waals surface area (Å²) in [5.74, 6) is 0. The lowest BCUT2D eigenvalue weighted by Gasteiger charge is -2.31. The predicted molar refractivity (Wildman–Crippen MR) is 71.5 cm³/mol. The Kier molecular flexibility index (Phi) is 5.69. The Hall–Kier alpha value is -0.160.